The van der Waals surface area contributed by atoms with E-state index in [4.69, 9.17) is 5.73 Å². The third-order valence-electron chi connectivity index (χ3n) is 4.90. The second kappa shape index (κ2) is 5.31. The third kappa shape index (κ3) is 2.54. The van der Waals surface area contributed by atoms with E-state index in [0.29, 0.717) is 5.41 Å². The number of benzene rings is 1. The van der Waals surface area contributed by atoms with Gasteiger partial charge in [-0.25, -0.2) is 0 Å². The van der Waals surface area contributed by atoms with Gasteiger partial charge in [-0.05, 0) is 55.3 Å². The van der Waals surface area contributed by atoms with Crippen LogP contribution >= 0.6 is 0 Å². The molecule has 0 bridgehead atoms. The van der Waals surface area contributed by atoms with Gasteiger partial charge in [0.15, 0.2) is 0 Å². The molecule has 1 fully saturated rings. The number of nitrogen functional groups attached to an aromatic ring is 1. The van der Waals surface area contributed by atoms with Crippen molar-refractivity contribution in [2.45, 2.75) is 46.6 Å². The van der Waals surface area contributed by atoms with Gasteiger partial charge in [0.1, 0.15) is 0 Å². The SMILES string of the molecule is CCC1(CC)CCN(Cc2cccc(N)c2C)C1. The van der Waals surface area contributed by atoms with Crippen molar-refractivity contribution in [1.82, 2.24) is 4.90 Å². The van der Waals surface area contributed by atoms with E-state index in [2.05, 4.69) is 37.8 Å². The zero-order chi connectivity index (χ0) is 13.2. The molecule has 1 aliphatic rings. The fraction of sp³-hybridized carbons (Fsp3) is 0.625. The molecule has 18 heavy (non-hydrogen) atoms. The summed E-state index contributed by atoms with van der Waals surface area (Å²) in [6, 6.07) is 6.27. The molecule has 2 heteroatoms. The van der Waals surface area contributed by atoms with E-state index in [1.54, 1.807) is 0 Å². The molecule has 0 atom stereocenters. The van der Waals surface area contributed by atoms with Gasteiger partial charge < -0.3 is 5.73 Å². The molecule has 1 aromatic carbocycles. The molecule has 2 rings (SSSR count). The summed E-state index contributed by atoms with van der Waals surface area (Å²) in [7, 11) is 0. The Bertz CT molecular complexity index is 408. The highest BCUT2D eigenvalue weighted by atomic mass is 15.2. The van der Waals surface area contributed by atoms with Crippen LogP contribution in [0, 0.1) is 12.3 Å². The molecule has 0 saturated carbocycles. The largest absolute Gasteiger partial charge is 0.399 e. The number of nitrogens with zero attached hydrogens (tertiary/aromatic N) is 1. The van der Waals surface area contributed by atoms with Crippen LogP contribution in [0.3, 0.4) is 0 Å². The Morgan fingerprint density at radius 3 is 2.61 bits per heavy atom. The van der Waals surface area contributed by atoms with Crippen molar-refractivity contribution in [2.24, 2.45) is 5.41 Å². The smallest absolute Gasteiger partial charge is 0.0346 e. The topological polar surface area (TPSA) is 29.3 Å². The number of hydrogen-bond acceptors (Lipinski definition) is 2. The minimum Gasteiger partial charge on any atom is -0.399 e. The fourth-order valence-electron chi connectivity index (χ4n) is 3.11. The Balaban J connectivity index is 2.06. The zero-order valence-electron chi connectivity index (χ0n) is 12.0. The quantitative estimate of drug-likeness (QED) is 0.823. The number of nitrogens with two attached hydrogens (primary N) is 1. The Hall–Kier alpha value is -1.02. The minimum atomic E-state index is 0.564. The molecule has 1 saturated heterocycles. The summed E-state index contributed by atoms with van der Waals surface area (Å²) in [5, 5.41) is 0. The molecule has 0 spiro atoms. The van der Waals surface area contributed by atoms with E-state index in [1.807, 2.05) is 6.07 Å². The van der Waals surface area contributed by atoms with Crippen LogP contribution in [-0.4, -0.2) is 18.0 Å². The maximum atomic E-state index is 5.98. The summed E-state index contributed by atoms with van der Waals surface area (Å²) in [6.45, 7) is 10.3. The number of rotatable bonds is 4. The van der Waals surface area contributed by atoms with E-state index in [-0.39, 0.29) is 0 Å². The molecule has 1 aromatic rings. The van der Waals surface area contributed by atoms with Crippen molar-refractivity contribution in [1.29, 1.82) is 0 Å². The van der Waals surface area contributed by atoms with Crippen LogP contribution in [0.2, 0.25) is 0 Å². The van der Waals surface area contributed by atoms with Gasteiger partial charge in [-0.3, -0.25) is 4.90 Å². The van der Waals surface area contributed by atoms with Gasteiger partial charge >= 0.3 is 0 Å². The van der Waals surface area contributed by atoms with Crippen LogP contribution in [0.15, 0.2) is 18.2 Å². The van der Waals surface area contributed by atoms with E-state index >= 15 is 0 Å². The minimum absolute atomic E-state index is 0.564. The monoisotopic (exact) mass is 246 g/mol. The van der Waals surface area contributed by atoms with E-state index in [0.717, 1.165) is 12.2 Å². The Morgan fingerprint density at radius 2 is 2.00 bits per heavy atom. The summed E-state index contributed by atoms with van der Waals surface area (Å²) in [6.07, 6.45) is 3.95. The van der Waals surface area contributed by atoms with Gasteiger partial charge in [-0.2, -0.15) is 0 Å². The van der Waals surface area contributed by atoms with Gasteiger partial charge in [0.2, 0.25) is 0 Å². The first-order valence-electron chi connectivity index (χ1n) is 7.16. The standard InChI is InChI=1S/C16H26N2/c1-4-16(5-2)9-10-18(12-16)11-14-7-6-8-15(17)13(14)3/h6-8H,4-5,9-12,17H2,1-3H3. The molecule has 0 radical (unpaired) electrons. The Labute approximate surface area is 111 Å². The number of anilines is 1. The lowest BCUT2D eigenvalue weighted by molar-refractivity contribution is 0.236. The van der Waals surface area contributed by atoms with Crippen LogP contribution in [-0.2, 0) is 6.54 Å². The van der Waals surface area contributed by atoms with Crippen molar-refractivity contribution < 1.29 is 0 Å². The molecule has 2 nitrogen and oxygen atoms in total. The lowest BCUT2D eigenvalue weighted by Gasteiger charge is -2.26. The Kier molecular flexibility index (Phi) is 3.96. The molecule has 100 valence electrons. The first-order valence-corrected chi connectivity index (χ1v) is 7.16. The fourth-order valence-corrected chi connectivity index (χ4v) is 3.11. The lowest BCUT2D eigenvalue weighted by atomic mass is 9.82. The molecular weight excluding hydrogens is 220 g/mol. The summed E-state index contributed by atoms with van der Waals surface area (Å²) in [5.74, 6) is 0. The third-order valence-corrected chi connectivity index (χ3v) is 4.90. The highest BCUT2D eigenvalue weighted by Crippen LogP contribution is 2.37. The second-order valence-electron chi connectivity index (χ2n) is 5.80. The summed E-state index contributed by atoms with van der Waals surface area (Å²) < 4.78 is 0. The molecular formula is C16H26N2. The molecule has 0 unspecified atom stereocenters. The summed E-state index contributed by atoms with van der Waals surface area (Å²) in [5.41, 5.74) is 10.1. The van der Waals surface area contributed by atoms with Crippen LogP contribution in [0.4, 0.5) is 5.69 Å². The van der Waals surface area contributed by atoms with Gasteiger partial charge in [0, 0.05) is 18.8 Å². The average molecular weight is 246 g/mol. The number of hydrogen-bond donors (Lipinski definition) is 1. The van der Waals surface area contributed by atoms with Gasteiger partial charge in [0.25, 0.3) is 0 Å². The number of likely N-dealkylation sites (tertiary alicyclic amines) is 1. The molecule has 0 aromatic heterocycles. The highest BCUT2D eigenvalue weighted by Gasteiger charge is 2.34. The van der Waals surface area contributed by atoms with Crippen molar-refractivity contribution in [3.05, 3.63) is 29.3 Å². The van der Waals surface area contributed by atoms with Crippen LogP contribution in [0.1, 0.15) is 44.2 Å². The van der Waals surface area contributed by atoms with E-state index in [9.17, 15) is 0 Å². The first kappa shape index (κ1) is 13.4. The van der Waals surface area contributed by atoms with Gasteiger partial charge in [0.05, 0.1) is 0 Å². The van der Waals surface area contributed by atoms with E-state index < -0.39 is 0 Å². The van der Waals surface area contributed by atoms with Gasteiger partial charge in [-0.1, -0.05) is 26.0 Å². The maximum absolute atomic E-state index is 5.98. The summed E-state index contributed by atoms with van der Waals surface area (Å²) >= 11 is 0. The van der Waals surface area contributed by atoms with Crippen molar-refractivity contribution >= 4 is 5.69 Å². The molecule has 1 heterocycles. The normalized spacial score (nSPS) is 19.3. The highest BCUT2D eigenvalue weighted by molar-refractivity contribution is 5.49. The van der Waals surface area contributed by atoms with Crippen LogP contribution in [0.5, 0.6) is 0 Å². The molecule has 0 amide bonds. The predicted octanol–water partition coefficient (Wildman–Crippen LogP) is 3.59. The Morgan fingerprint density at radius 1 is 1.28 bits per heavy atom. The van der Waals surface area contributed by atoms with Crippen molar-refractivity contribution in [2.75, 3.05) is 18.8 Å². The van der Waals surface area contributed by atoms with Crippen LogP contribution < -0.4 is 5.73 Å². The summed E-state index contributed by atoms with van der Waals surface area (Å²) in [4.78, 5) is 2.59. The second-order valence-corrected chi connectivity index (χ2v) is 5.80. The maximum Gasteiger partial charge on any atom is 0.0346 e. The van der Waals surface area contributed by atoms with Crippen molar-refractivity contribution in [3.63, 3.8) is 0 Å². The zero-order valence-corrected chi connectivity index (χ0v) is 12.0. The van der Waals surface area contributed by atoms with Crippen LogP contribution in [0.25, 0.3) is 0 Å². The predicted molar refractivity (Wildman–Crippen MR) is 78.5 cm³/mol. The molecule has 1 aliphatic heterocycles. The van der Waals surface area contributed by atoms with Crippen molar-refractivity contribution in [3.8, 4) is 0 Å². The first-order chi connectivity index (χ1) is 8.60. The average Bonchev–Trinajstić information content (AvgIpc) is 2.79. The lowest BCUT2D eigenvalue weighted by Crippen LogP contribution is -2.26. The molecule has 0 aliphatic carbocycles. The molecule has 2 N–H and O–H groups in total. The van der Waals surface area contributed by atoms with Gasteiger partial charge in [-0.15, -0.1) is 0 Å². The van der Waals surface area contributed by atoms with E-state index in [1.165, 1.54) is 43.5 Å².